The Morgan fingerprint density at radius 3 is 2.68 bits per heavy atom. The minimum Gasteiger partial charge on any atom is -0.420 e. The summed E-state index contributed by atoms with van der Waals surface area (Å²) >= 11 is 5.84. The van der Waals surface area contributed by atoms with Crippen molar-refractivity contribution < 1.29 is 4.42 Å². The van der Waals surface area contributed by atoms with Crippen LogP contribution in [0.4, 0.5) is 0 Å². The van der Waals surface area contributed by atoms with Crippen LogP contribution < -0.4 is 0 Å². The number of aryl methyl sites for hydroxylation is 1. The van der Waals surface area contributed by atoms with Crippen LogP contribution in [-0.4, -0.2) is 20.0 Å². The largest absolute Gasteiger partial charge is 0.420 e. The monoisotopic (exact) mass is 274 g/mol. The second-order valence-corrected chi connectivity index (χ2v) is 4.64. The van der Waals surface area contributed by atoms with Gasteiger partial charge >= 0.3 is 0 Å². The highest BCUT2D eigenvalue weighted by Crippen LogP contribution is 2.20. The van der Waals surface area contributed by atoms with Crippen molar-refractivity contribution in [2.24, 2.45) is 7.05 Å². The van der Waals surface area contributed by atoms with Crippen LogP contribution in [0.5, 0.6) is 0 Å². The van der Waals surface area contributed by atoms with Crippen molar-refractivity contribution in [1.82, 2.24) is 20.0 Å². The van der Waals surface area contributed by atoms with Gasteiger partial charge < -0.3 is 4.42 Å². The van der Waals surface area contributed by atoms with Crippen molar-refractivity contribution in [2.45, 2.75) is 6.42 Å². The van der Waals surface area contributed by atoms with Crippen molar-refractivity contribution >= 4 is 11.6 Å². The number of hydrogen-bond acceptors (Lipinski definition) is 4. The van der Waals surface area contributed by atoms with Gasteiger partial charge in [-0.15, -0.1) is 10.2 Å². The topological polar surface area (TPSA) is 56.7 Å². The summed E-state index contributed by atoms with van der Waals surface area (Å²) in [5.41, 5.74) is 1.89. The lowest BCUT2D eigenvalue weighted by Gasteiger charge is -1.94. The van der Waals surface area contributed by atoms with E-state index in [1.54, 1.807) is 23.0 Å². The van der Waals surface area contributed by atoms with Crippen LogP contribution >= 0.6 is 11.6 Å². The highest BCUT2D eigenvalue weighted by atomic mass is 35.5. The SMILES string of the molecule is Cn1cc(Cc2nnc(-c3ccc(Cl)cc3)o2)cn1. The summed E-state index contributed by atoms with van der Waals surface area (Å²) in [4.78, 5) is 0. The van der Waals surface area contributed by atoms with E-state index in [-0.39, 0.29) is 0 Å². The van der Waals surface area contributed by atoms with E-state index >= 15 is 0 Å². The minimum absolute atomic E-state index is 0.496. The van der Waals surface area contributed by atoms with Crippen LogP contribution in [0.25, 0.3) is 11.5 Å². The van der Waals surface area contributed by atoms with Gasteiger partial charge in [-0.25, -0.2) is 0 Å². The summed E-state index contributed by atoms with van der Waals surface area (Å²) in [6.45, 7) is 0. The zero-order valence-electron chi connectivity index (χ0n) is 10.2. The maximum Gasteiger partial charge on any atom is 0.247 e. The van der Waals surface area contributed by atoms with E-state index in [4.69, 9.17) is 16.0 Å². The molecule has 0 aliphatic heterocycles. The maximum absolute atomic E-state index is 5.84. The van der Waals surface area contributed by atoms with Gasteiger partial charge in [0.05, 0.1) is 12.6 Å². The van der Waals surface area contributed by atoms with E-state index in [1.807, 2.05) is 25.4 Å². The zero-order chi connectivity index (χ0) is 13.2. The molecule has 0 fully saturated rings. The molecule has 1 aromatic carbocycles. The third kappa shape index (κ3) is 2.66. The Kier molecular flexibility index (Phi) is 3.05. The molecule has 3 aromatic rings. The summed E-state index contributed by atoms with van der Waals surface area (Å²) in [5.74, 6) is 1.06. The highest BCUT2D eigenvalue weighted by molar-refractivity contribution is 6.30. The standard InChI is InChI=1S/C13H11ClN4O/c1-18-8-9(7-15-18)6-12-16-17-13(19-12)10-2-4-11(14)5-3-10/h2-5,7-8H,6H2,1H3. The number of rotatable bonds is 3. The fraction of sp³-hybridized carbons (Fsp3) is 0.154. The summed E-state index contributed by atoms with van der Waals surface area (Å²) in [7, 11) is 1.87. The summed E-state index contributed by atoms with van der Waals surface area (Å²) in [6.07, 6.45) is 4.28. The molecule has 5 nitrogen and oxygen atoms in total. The van der Waals surface area contributed by atoms with Crippen molar-refractivity contribution in [3.8, 4) is 11.5 Å². The summed E-state index contributed by atoms with van der Waals surface area (Å²) < 4.78 is 7.36. The Labute approximate surface area is 114 Å². The smallest absolute Gasteiger partial charge is 0.247 e. The molecule has 3 rings (SSSR count). The second kappa shape index (κ2) is 4.85. The van der Waals surface area contributed by atoms with Crippen LogP contribution in [0.15, 0.2) is 41.1 Å². The molecule has 0 spiro atoms. The first kappa shape index (κ1) is 11.9. The molecule has 0 N–H and O–H groups in total. The molecule has 0 saturated heterocycles. The average Bonchev–Trinajstić information content (AvgIpc) is 3.00. The highest BCUT2D eigenvalue weighted by Gasteiger charge is 2.09. The molecule has 0 radical (unpaired) electrons. The van der Waals surface area contributed by atoms with Gasteiger partial charge in [0.2, 0.25) is 11.8 Å². The quantitative estimate of drug-likeness (QED) is 0.737. The van der Waals surface area contributed by atoms with E-state index in [9.17, 15) is 0 Å². The molecular weight excluding hydrogens is 264 g/mol. The molecule has 0 aliphatic rings. The molecule has 0 bridgehead atoms. The van der Waals surface area contributed by atoms with Crippen LogP contribution in [0.1, 0.15) is 11.5 Å². The number of nitrogens with zero attached hydrogens (tertiary/aromatic N) is 4. The fourth-order valence-electron chi connectivity index (χ4n) is 1.77. The number of hydrogen-bond donors (Lipinski definition) is 0. The van der Waals surface area contributed by atoms with Crippen molar-refractivity contribution in [1.29, 1.82) is 0 Å². The molecule has 0 aliphatic carbocycles. The van der Waals surface area contributed by atoms with E-state index in [0.717, 1.165) is 11.1 Å². The first-order chi connectivity index (χ1) is 9.20. The van der Waals surface area contributed by atoms with Crippen LogP contribution in [0.3, 0.4) is 0 Å². The lowest BCUT2D eigenvalue weighted by Crippen LogP contribution is -1.87. The lowest BCUT2D eigenvalue weighted by molar-refractivity contribution is 0.518. The van der Waals surface area contributed by atoms with Gasteiger partial charge in [0.1, 0.15) is 0 Å². The van der Waals surface area contributed by atoms with Crippen molar-refractivity contribution in [2.75, 3.05) is 0 Å². The number of aromatic nitrogens is 4. The fourth-order valence-corrected chi connectivity index (χ4v) is 1.90. The van der Waals surface area contributed by atoms with Gasteiger partial charge in [-0.3, -0.25) is 4.68 Å². The van der Waals surface area contributed by atoms with Crippen LogP contribution in [-0.2, 0) is 13.5 Å². The number of benzene rings is 1. The molecule has 96 valence electrons. The third-order valence-corrected chi connectivity index (χ3v) is 2.92. The Bertz CT molecular complexity index is 687. The second-order valence-electron chi connectivity index (χ2n) is 4.21. The Hall–Kier alpha value is -2.14. The Morgan fingerprint density at radius 2 is 2.00 bits per heavy atom. The molecule has 2 aromatic heterocycles. The molecule has 0 atom stereocenters. The van der Waals surface area contributed by atoms with Gasteiger partial charge in [0.15, 0.2) is 0 Å². The number of halogens is 1. The summed E-state index contributed by atoms with van der Waals surface area (Å²) in [5, 5.41) is 12.8. The van der Waals surface area contributed by atoms with E-state index in [1.165, 1.54) is 0 Å². The van der Waals surface area contributed by atoms with Gasteiger partial charge in [0, 0.05) is 23.8 Å². The Balaban J connectivity index is 1.81. The molecule has 0 unspecified atom stereocenters. The van der Waals surface area contributed by atoms with Crippen LogP contribution in [0, 0.1) is 0 Å². The van der Waals surface area contributed by atoms with Gasteiger partial charge in [0.25, 0.3) is 0 Å². The van der Waals surface area contributed by atoms with Gasteiger partial charge in [-0.05, 0) is 29.8 Å². The lowest BCUT2D eigenvalue weighted by atomic mass is 10.2. The normalized spacial score (nSPS) is 10.8. The first-order valence-electron chi connectivity index (χ1n) is 5.76. The zero-order valence-corrected chi connectivity index (χ0v) is 11.0. The molecular formula is C13H11ClN4O. The van der Waals surface area contributed by atoms with E-state index < -0.39 is 0 Å². The van der Waals surface area contributed by atoms with Crippen molar-refractivity contribution in [3.63, 3.8) is 0 Å². The van der Waals surface area contributed by atoms with Crippen LogP contribution in [0.2, 0.25) is 5.02 Å². The predicted molar refractivity (Wildman–Crippen MR) is 70.8 cm³/mol. The minimum atomic E-state index is 0.496. The first-order valence-corrected chi connectivity index (χ1v) is 6.14. The molecule has 0 amide bonds. The maximum atomic E-state index is 5.84. The van der Waals surface area contributed by atoms with Crippen molar-refractivity contribution in [3.05, 3.63) is 53.1 Å². The van der Waals surface area contributed by atoms with E-state index in [2.05, 4.69) is 15.3 Å². The van der Waals surface area contributed by atoms with E-state index in [0.29, 0.717) is 23.2 Å². The average molecular weight is 275 g/mol. The van der Waals surface area contributed by atoms with Gasteiger partial charge in [-0.2, -0.15) is 5.10 Å². The summed E-state index contributed by atoms with van der Waals surface area (Å²) in [6, 6.07) is 7.29. The third-order valence-electron chi connectivity index (χ3n) is 2.67. The predicted octanol–water partition coefficient (Wildman–Crippen LogP) is 2.71. The Morgan fingerprint density at radius 1 is 1.21 bits per heavy atom. The molecule has 19 heavy (non-hydrogen) atoms. The van der Waals surface area contributed by atoms with Gasteiger partial charge in [-0.1, -0.05) is 11.6 Å². The molecule has 0 saturated carbocycles. The molecule has 2 heterocycles. The molecule has 6 heteroatoms.